The van der Waals surface area contributed by atoms with Crippen LogP contribution in [0.15, 0.2) is 29.2 Å². The number of rotatable bonds is 3. The second-order valence-electron chi connectivity index (χ2n) is 5.29. The van der Waals surface area contributed by atoms with Gasteiger partial charge in [-0.3, -0.25) is 0 Å². The number of benzene rings is 1. The summed E-state index contributed by atoms with van der Waals surface area (Å²) in [6.45, 7) is 3.83. The zero-order chi connectivity index (χ0) is 14.9. The van der Waals surface area contributed by atoms with Gasteiger partial charge in [-0.25, -0.2) is 13.2 Å². The first kappa shape index (κ1) is 15.0. The molecule has 1 heterocycles. The van der Waals surface area contributed by atoms with Crippen molar-refractivity contribution in [1.82, 2.24) is 4.31 Å². The number of nitrogens with zero attached hydrogens (tertiary/aromatic N) is 1. The molecule has 6 heteroatoms. The van der Waals surface area contributed by atoms with E-state index in [-0.39, 0.29) is 22.5 Å². The molecule has 5 nitrogen and oxygen atoms in total. The summed E-state index contributed by atoms with van der Waals surface area (Å²) < 4.78 is 26.9. The summed E-state index contributed by atoms with van der Waals surface area (Å²) in [6.07, 6.45) is 2.75. The summed E-state index contributed by atoms with van der Waals surface area (Å²) in [5.74, 6) is -1.06. The van der Waals surface area contributed by atoms with Gasteiger partial charge in [-0.05, 0) is 51.0 Å². The number of carbonyl (C=O) groups is 1. The zero-order valence-electron chi connectivity index (χ0n) is 11.6. The minimum Gasteiger partial charge on any atom is -0.478 e. The molecule has 1 fully saturated rings. The van der Waals surface area contributed by atoms with Crippen LogP contribution in [0, 0.1) is 0 Å². The van der Waals surface area contributed by atoms with Crippen molar-refractivity contribution in [2.24, 2.45) is 0 Å². The molecule has 1 aromatic rings. The maximum atomic E-state index is 12.7. The van der Waals surface area contributed by atoms with Crippen LogP contribution in [0.1, 0.15) is 43.5 Å². The van der Waals surface area contributed by atoms with Crippen LogP contribution >= 0.6 is 0 Å². The second-order valence-corrected chi connectivity index (χ2v) is 7.14. The van der Waals surface area contributed by atoms with Crippen molar-refractivity contribution in [3.8, 4) is 0 Å². The van der Waals surface area contributed by atoms with E-state index < -0.39 is 16.0 Å². The Hall–Kier alpha value is -1.40. The highest BCUT2D eigenvalue weighted by Crippen LogP contribution is 2.29. The molecule has 2 unspecified atom stereocenters. The zero-order valence-corrected chi connectivity index (χ0v) is 12.4. The fourth-order valence-corrected chi connectivity index (χ4v) is 4.64. The first-order valence-corrected chi connectivity index (χ1v) is 8.15. The summed E-state index contributed by atoms with van der Waals surface area (Å²) in [5, 5.41) is 8.85. The standard InChI is InChI=1S/C14H19NO4S/c1-10-4-3-5-11(2)15(10)20(18,19)13-8-6-12(7-9-13)14(16)17/h6-11H,3-5H2,1-2H3,(H,16,17). The normalized spacial score (nSPS) is 24.5. The predicted octanol–water partition coefficient (Wildman–Crippen LogP) is 2.34. The first-order chi connectivity index (χ1) is 9.34. The second kappa shape index (κ2) is 5.54. The molecule has 1 N–H and O–H groups in total. The van der Waals surface area contributed by atoms with Crippen LogP contribution in [-0.2, 0) is 10.0 Å². The highest BCUT2D eigenvalue weighted by atomic mass is 32.2. The van der Waals surface area contributed by atoms with E-state index in [1.165, 1.54) is 24.3 Å². The minimum absolute atomic E-state index is 0.0251. The van der Waals surface area contributed by atoms with Crippen molar-refractivity contribution in [1.29, 1.82) is 0 Å². The quantitative estimate of drug-likeness (QED) is 0.929. The van der Waals surface area contributed by atoms with Crippen molar-refractivity contribution < 1.29 is 18.3 Å². The maximum absolute atomic E-state index is 12.7. The van der Waals surface area contributed by atoms with Crippen molar-refractivity contribution in [3.63, 3.8) is 0 Å². The van der Waals surface area contributed by atoms with Gasteiger partial charge in [0, 0.05) is 12.1 Å². The fraction of sp³-hybridized carbons (Fsp3) is 0.500. The SMILES string of the molecule is CC1CCCC(C)N1S(=O)(=O)c1ccc(C(=O)O)cc1. The lowest BCUT2D eigenvalue weighted by Crippen LogP contribution is -2.47. The number of sulfonamides is 1. The highest BCUT2D eigenvalue weighted by molar-refractivity contribution is 7.89. The molecule has 0 spiro atoms. The fourth-order valence-electron chi connectivity index (χ4n) is 2.76. The average Bonchev–Trinajstić information content (AvgIpc) is 2.38. The van der Waals surface area contributed by atoms with Crippen LogP contribution in [0.3, 0.4) is 0 Å². The summed E-state index contributed by atoms with van der Waals surface area (Å²) in [6, 6.07) is 5.34. The topological polar surface area (TPSA) is 74.7 Å². The molecule has 110 valence electrons. The molecule has 0 saturated carbocycles. The Bertz CT molecular complexity index is 584. The van der Waals surface area contributed by atoms with Crippen LogP contribution in [0.5, 0.6) is 0 Å². The van der Waals surface area contributed by atoms with Crippen LogP contribution in [0.2, 0.25) is 0 Å². The predicted molar refractivity (Wildman–Crippen MR) is 75.2 cm³/mol. The van der Waals surface area contributed by atoms with Gasteiger partial charge in [-0.1, -0.05) is 6.42 Å². The minimum atomic E-state index is -3.56. The van der Waals surface area contributed by atoms with Crippen LogP contribution in [0.4, 0.5) is 0 Å². The third-order valence-electron chi connectivity index (χ3n) is 3.79. The summed E-state index contributed by atoms with van der Waals surface area (Å²) in [4.78, 5) is 11.0. The number of hydrogen-bond donors (Lipinski definition) is 1. The van der Waals surface area contributed by atoms with Gasteiger partial charge in [0.15, 0.2) is 0 Å². The van der Waals surface area contributed by atoms with Gasteiger partial charge in [0.1, 0.15) is 0 Å². The average molecular weight is 297 g/mol. The maximum Gasteiger partial charge on any atom is 0.335 e. The Morgan fingerprint density at radius 3 is 2.10 bits per heavy atom. The third kappa shape index (κ3) is 2.71. The van der Waals surface area contributed by atoms with E-state index in [9.17, 15) is 13.2 Å². The van der Waals surface area contributed by atoms with E-state index in [0.29, 0.717) is 0 Å². The lowest BCUT2D eigenvalue weighted by Gasteiger charge is -2.37. The first-order valence-electron chi connectivity index (χ1n) is 6.71. The molecule has 0 aliphatic carbocycles. The molecule has 2 atom stereocenters. The van der Waals surface area contributed by atoms with Gasteiger partial charge in [0.25, 0.3) is 0 Å². The van der Waals surface area contributed by atoms with Gasteiger partial charge in [-0.15, -0.1) is 0 Å². The monoisotopic (exact) mass is 297 g/mol. The smallest absolute Gasteiger partial charge is 0.335 e. The van der Waals surface area contributed by atoms with Crippen molar-refractivity contribution in [2.75, 3.05) is 0 Å². The Morgan fingerprint density at radius 2 is 1.65 bits per heavy atom. The van der Waals surface area contributed by atoms with Crippen molar-refractivity contribution >= 4 is 16.0 Å². The number of carboxylic acids is 1. The molecule has 1 aliphatic heterocycles. The molecule has 0 radical (unpaired) electrons. The number of aromatic carboxylic acids is 1. The van der Waals surface area contributed by atoms with Gasteiger partial charge in [-0.2, -0.15) is 4.31 Å². The molecule has 1 saturated heterocycles. The molecule has 1 aliphatic rings. The molecule has 0 bridgehead atoms. The Labute approximate surface area is 119 Å². The van der Waals surface area contributed by atoms with Crippen molar-refractivity contribution in [3.05, 3.63) is 29.8 Å². The highest BCUT2D eigenvalue weighted by Gasteiger charge is 2.35. The lowest BCUT2D eigenvalue weighted by molar-refractivity contribution is 0.0696. The summed E-state index contributed by atoms with van der Waals surface area (Å²) >= 11 is 0. The Kier molecular flexibility index (Phi) is 4.15. The molecule has 2 rings (SSSR count). The van der Waals surface area contributed by atoms with E-state index in [2.05, 4.69) is 0 Å². The molecule has 0 amide bonds. The lowest BCUT2D eigenvalue weighted by atomic mass is 10.0. The van der Waals surface area contributed by atoms with E-state index in [1.807, 2.05) is 13.8 Å². The van der Waals surface area contributed by atoms with E-state index in [0.717, 1.165) is 19.3 Å². The van der Waals surface area contributed by atoms with E-state index >= 15 is 0 Å². The molecular weight excluding hydrogens is 278 g/mol. The molecular formula is C14H19NO4S. The Balaban J connectivity index is 2.36. The van der Waals surface area contributed by atoms with Crippen molar-refractivity contribution in [2.45, 2.75) is 50.1 Å². The number of carboxylic acid groups (broad SMARTS) is 1. The summed E-state index contributed by atoms with van der Waals surface area (Å²) in [7, 11) is -3.56. The van der Waals surface area contributed by atoms with Crippen LogP contribution in [0.25, 0.3) is 0 Å². The van der Waals surface area contributed by atoms with E-state index in [4.69, 9.17) is 5.11 Å². The van der Waals surface area contributed by atoms with Crippen LogP contribution in [-0.4, -0.2) is 35.9 Å². The van der Waals surface area contributed by atoms with Gasteiger partial charge < -0.3 is 5.11 Å². The molecule has 1 aromatic carbocycles. The number of piperidine rings is 1. The number of hydrogen-bond acceptors (Lipinski definition) is 3. The molecule has 20 heavy (non-hydrogen) atoms. The molecule has 0 aromatic heterocycles. The van der Waals surface area contributed by atoms with Gasteiger partial charge in [0.2, 0.25) is 10.0 Å². The Morgan fingerprint density at radius 1 is 1.15 bits per heavy atom. The van der Waals surface area contributed by atoms with Gasteiger partial charge >= 0.3 is 5.97 Å². The van der Waals surface area contributed by atoms with Gasteiger partial charge in [0.05, 0.1) is 10.5 Å². The third-order valence-corrected chi connectivity index (χ3v) is 5.93. The summed E-state index contributed by atoms with van der Waals surface area (Å²) in [5.41, 5.74) is 0.0868. The largest absolute Gasteiger partial charge is 0.478 e. The van der Waals surface area contributed by atoms with Crippen LogP contribution < -0.4 is 0 Å². The van der Waals surface area contributed by atoms with E-state index in [1.54, 1.807) is 4.31 Å².